The summed E-state index contributed by atoms with van der Waals surface area (Å²) in [5.41, 5.74) is -0.624. The van der Waals surface area contributed by atoms with Crippen molar-refractivity contribution in [2.24, 2.45) is 16.7 Å². The molecular formula is C19H23ClN2O4. The minimum atomic E-state index is -0.625. The third-order valence-corrected chi connectivity index (χ3v) is 6.48. The predicted octanol–water partition coefficient (Wildman–Crippen LogP) is 3.10. The number of benzene rings is 1. The minimum absolute atomic E-state index is 0.237. The van der Waals surface area contributed by atoms with Crippen molar-refractivity contribution >= 4 is 35.0 Å². The predicted molar refractivity (Wildman–Crippen MR) is 98.0 cm³/mol. The van der Waals surface area contributed by atoms with Crippen LogP contribution in [0.4, 0.5) is 5.69 Å². The molecule has 0 spiro atoms. The fraction of sp³-hybridized carbons (Fsp3) is 0.526. The van der Waals surface area contributed by atoms with Gasteiger partial charge in [-0.15, -0.1) is 0 Å². The highest BCUT2D eigenvalue weighted by Crippen LogP contribution is 2.59. The lowest BCUT2D eigenvalue weighted by molar-refractivity contribution is -0.168. The molecule has 2 bridgehead atoms. The molecule has 1 aliphatic carbocycles. The number of piperidine rings is 1. The molecule has 1 aromatic carbocycles. The lowest BCUT2D eigenvalue weighted by atomic mass is 9.62. The van der Waals surface area contributed by atoms with Crippen LogP contribution in [-0.4, -0.2) is 36.3 Å². The number of carbonyl (C=O) groups is 3. The van der Waals surface area contributed by atoms with Crippen molar-refractivity contribution < 1.29 is 19.1 Å². The Morgan fingerprint density at radius 3 is 2.69 bits per heavy atom. The average Bonchev–Trinajstić information content (AvgIpc) is 2.76. The van der Waals surface area contributed by atoms with Crippen molar-refractivity contribution in [2.45, 2.75) is 33.6 Å². The number of nitrogens with one attached hydrogen (secondary N) is 1. The molecule has 1 aliphatic heterocycles. The standard InChI is InChI=1S/C19H23ClN2O4/c1-18(2)12-7-8-19(18,3)17(25)22(16(12)24)10-15(23)21-13-9-11(20)5-6-14(13)26-4/h5-6,9,12H,7-8,10H2,1-4H3,(H,21,23). The number of hydrogen-bond acceptors (Lipinski definition) is 4. The van der Waals surface area contributed by atoms with Crippen molar-refractivity contribution in [3.8, 4) is 5.75 Å². The number of nitrogens with zero attached hydrogens (tertiary/aromatic N) is 1. The largest absolute Gasteiger partial charge is 0.495 e. The molecule has 2 aliphatic rings. The van der Waals surface area contributed by atoms with Gasteiger partial charge in [-0.1, -0.05) is 32.4 Å². The summed E-state index contributed by atoms with van der Waals surface area (Å²) >= 11 is 5.97. The van der Waals surface area contributed by atoms with Gasteiger partial charge in [0.25, 0.3) is 0 Å². The van der Waals surface area contributed by atoms with E-state index in [0.29, 0.717) is 29.3 Å². The third-order valence-electron chi connectivity index (χ3n) is 6.24. The van der Waals surface area contributed by atoms with E-state index < -0.39 is 16.7 Å². The van der Waals surface area contributed by atoms with E-state index in [-0.39, 0.29) is 24.3 Å². The zero-order valence-corrected chi connectivity index (χ0v) is 16.1. The number of halogens is 1. The SMILES string of the molecule is COc1ccc(Cl)cc1NC(=O)CN1C(=O)C2CCC(C)(C1=O)C2(C)C. The van der Waals surface area contributed by atoms with E-state index >= 15 is 0 Å². The fourth-order valence-electron chi connectivity index (χ4n) is 4.16. The summed E-state index contributed by atoms with van der Waals surface area (Å²) in [6.07, 6.45) is 1.34. The molecule has 1 N–H and O–H groups in total. The quantitative estimate of drug-likeness (QED) is 0.817. The highest BCUT2D eigenvalue weighted by atomic mass is 35.5. The van der Waals surface area contributed by atoms with Crippen LogP contribution >= 0.6 is 11.6 Å². The number of imide groups is 1. The molecule has 26 heavy (non-hydrogen) atoms. The number of anilines is 1. The highest BCUT2D eigenvalue weighted by Gasteiger charge is 2.64. The molecule has 1 saturated carbocycles. The van der Waals surface area contributed by atoms with Gasteiger partial charge in [-0.3, -0.25) is 19.3 Å². The first-order valence-electron chi connectivity index (χ1n) is 8.61. The van der Waals surface area contributed by atoms with Crippen LogP contribution in [0.15, 0.2) is 18.2 Å². The van der Waals surface area contributed by atoms with Crippen LogP contribution in [0.2, 0.25) is 5.02 Å². The second-order valence-electron chi connectivity index (χ2n) is 7.77. The molecule has 3 amide bonds. The number of carbonyl (C=O) groups excluding carboxylic acids is 3. The Morgan fingerprint density at radius 2 is 2.04 bits per heavy atom. The first-order chi connectivity index (χ1) is 12.1. The van der Waals surface area contributed by atoms with Crippen LogP contribution in [0.1, 0.15) is 33.6 Å². The summed E-state index contributed by atoms with van der Waals surface area (Å²) in [7, 11) is 1.48. The van der Waals surface area contributed by atoms with Crippen molar-refractivity contribution in [2.75, 3.05) is 19.0 Å². The monoisotopic (exact) mass is 378 g/mol. The van der Waals surface area contributed by atoms with Gasteiger partial charge in [-0.2, -0.15) is 0 Å². The van der Waals surface area contributed by atoms with E-state index in [1.807, 2.05) is 20.8 Å². The van der Waals surface area contributed by atoms with Gasteiger partial charge in [0.05, 0.1) is 18.2 Å². The molecule has 2 atom stereocenters. The smallest absolute Gasteiger partial charge is 0.244 e. The highest BCUT2D eigenvalue weighted by molar-refractivity contribution is 6.31. The number of ether oxygens (including phenoxy) is 1. The zero-order chi connectivity index (χ0) is 19.3. The summed E-state index contributed by atoms with van der Waals surface area (Å²) in [6, 6.07) is 4.85. The minimum Gasteiger partial charge on any atom is -0.495 e. The van der Waals surface area contributed by atoms with E-state index in [4.69, 9.17) is 16.3 Å². The molecule has 3 rings (SSSR count). The average molecular weight is 379 g/mol. The Balaban J connectivity index is 1.79. The summed E-state index contributed by atoms with van der Waals surface area (Å²) < 4.78 is 5.20. The Labute approximate surface area is 157 Å². The van der Waals surface area contributed by atoms with Crippen molar-refractivity contribution in [1.29, 1.82) is 0 Å². The van der Waals surface area contributed by atoms with Crippen molar-refractivity contribution in [1.82, 2.24) is 4.90 Å². The second-order valence-corrected chi connectivity index (χ2v) is 8.20. The van der Waals surface area contributed by atoms with E-state index in [1.54, 1.807) is 18.2 Å². The van der Waals surface area contributed by atoms with E-state index in [2.05, 4.69) is 5.32 Å². The molecule has 2 unspecified atom stereocenters. The maximum atomic E-state index is 13.0. The summed E-state index contributed by atoms with van der Waals surface area (Å²) in [4.78, 5) is 39.4. The molecule has 1 saturated heterocycles. The molecule has 1 heterocycles. The molecule has 1 aromatic rings. The molecular weight excluding hydrogens is 356 g/mol. The molecule has 2 fully saturated rings. The molecule has 0 aromatic heterocycles. The van der Waals surface area contributed by atoms with Crippen LogP contribution in [0.25, 0.3) is 0 Å². The van der Waals surface area contributed by atoms with E-state index in [1.165, 1.54) is 7.11 Å². The number of fused-ring (bicyclic) bond motifs is 2. The first kappa shape index (κ1) is 18.7. The van der Waals surface area contributed by atoms with Gasteiger partial charge in [0.15, 0.2) is 0 Å². The van der Waals surface area contributed by atoms with Gasteiger partial charge in [0, 0.05) is 10.9 Å². The summed E-state index contributed by atoms with van der Waals surface area (Å²) in [5.74, 6) is -0.779. The van der Waals surface area contributed by atoms with E-state index in [9.17, 15) is 14.4 Å². The van der Waals surface area contributed by atoms with E-state index in [0.717, 1.165) is 4.90 Å². The lowest BCUT2D eigenvalue weighted by Gasteiger charge is -2.47. The maximum absolute atomic E-state index is 13.0. The number of amides is 3. The number of methoxy groups -OCH3 is 1. The van der Waals surface area contributed by atoms with Crippen LogP contribution in [-0.2, 0) is 14.4 Å². The first-order valence-corrected chi connectivity index (χ1v) is 8.99. The van der Waals surface area contributed by atoms with Crippen LogP contribution < -0.4 is 10.1 Å². The second kappa shape index (κ2) is 6.27. The summed E-state index contributed by atoms with van der Waals surface area (Å²) in [5, 5.41) is 3.12. The van der Waals surface area contributed by atoms with Gasteiger partial charge in [-0.25, -0.2) is 0 Å². The molecule has 6 nitrogen and oxygen atoms in total. The van der Waals surface area contributed by atoms with Crippen molar-refractivity contribution in [3.05, 3.63) is 23.2 Å². The van der Waals surface area contributed by atoms with Gasteiger partial charge in [0.2, 0.25) is 17.7 Å². The Morgan fingerprint density at radius 1 is 1.35 bits per heavy atom. The lowest BCUT2D eigenvalue weighted by Crippen LogP contribution is -2.60. The molecule has 7 heteroatoms. The van der Waals surface area contributed by atoms with Crippen LogP contribution in [0.3, 0.4) is 0 Å². The van der Waals surface area contributed by atoms with Gasteiger partial charge >= 0.3 is 0 Å². The van der Waals surface area contributed by atoms with Crippen LogP contribution in [0.5, 0.6) is 5.75 Å². The van der Waals surface area contributed by atoms with Crippen molar-refractivity contribution in [3.63, 3.8) is 0 Å². The number of rotatable bonds is 4. The Bertz CT molecular complexity index is 792. The number of hydrogen-bond donors (Lipinski definition) is 1. The summed E-state index contributed by atoms with van der Waals surface area (Å²) in [6.45, 7) is 5.52. The maximum Gasteiger partial charge on any atom is 0.244 e. The van der Waals surface area contributed by atoms with Gasteiger partial charge < -0.3 is 10.1 Å². The Kier molecular flexibility index (Phi) is 4.51. The fourth-order valence-corrected chi connectivity index (χ4v) is 4.33. The molecule has 0 radical (unpaired) electrons. The van der Waals surface area contributed by atoms with Gasteiger partial charge in [0.1, 0.15) is 12.3 Å². The van der Waals surface area contributed by atoms with Gasteiger partial charge in [-0.05, 0) is 36.5 Å². The zero-order valence-electron chi connectivity index (χ0n) is 15.4. The number of likely N-dealkylation sites (tertiary alicyclic amines) is 1. The molecule has 140 valence electrons. The topological polar surface area (TPSA) is 75.7 Å². The van der Waals surface area contributed by atoms with Crippen LogP contribution in [0, 0.1) is 16.7 Å². The third kappa shape index (κ3) is 2.67. The Hall–Kier alpha value is -2.08. The normalized spacial score (nSPS) is 26.8.